The first-order valence-electron chi connectivity index (χ1n) is 8.93. The molecule has 138 valence electrons. The van der Waals surface area contributed by atoms with Crippen LogP contribution in [0.5, 0.6) is 5.75 Å². The van der Waals surface area contributed by atoms with Crippen LogP contribution in [0, 0.1) is 5.92 Å². The summed E-state index contributed by atoms with van der Waals surface area (Å²) < 4.78 is 5.54. The zero-order valence-electron chi connectivity index (χ0n) is 15.1. The van der Waals surface area contributed by atoms with Crippen molar-refractivity contribution >= 4 is 28.2 Å². The number of nitrogens with one attached hydrogen (secondary N) is 1. The number of rotatable bonds is 6. The molecule has 1 aromatic carbocycles. The summed E-state index contributed by atoms with van der Waals surface area (Å²) in [5, 5.41) is 3.36. The smallest absolute Gasteiger partial charge is 0.262 e. The zero-order chi connectivity index (χ0) is 18.7. The van der Waals surface area contributed by atoms with Crippen LogP contribution < -0.4 is 15.8 Å². The van der Waals surface area contributed by atoms with Gasteiger partial charge in [0.15, 0.2) is 6.61 Å². The summed E-state index contributed by atoms with van der Waals surface area (Å²) in [6.07, 6.45) is 3.75. The molecule has 0 spiro atoms. The third kappa shape index (κ3) is 4.07. The molecule has 0 fully saturated rings. The molecule has 2 aromatic rings. The molecule has 0 bridgehead atoms. The van der Waals surface area contributed by atoms with Crippen LogP contribution in [0.1, 0.15) is 46.6 Å². The van der Waals surface area contributed by atoms with Gasteiger partial charge in [0.25, 0.3) is 11.8 Å². The van der Waals surface area contributed by atoms with Gasteiger partial charge in [0, 0.05) is 4.88 Å². The number of amides is 2. The van der Waals surface area contributed by atoms with E-state index in [4.69, 9.17) is 10.5 Å². The Labute approximate surface area is 157 Å². The van der Waals surface area contributed by atoms with E-state index in [1.807, 2.05) is 24.3 Å². The number of benzene rings is 1. The van der Waals surface area contributed by atoms with Gasteiger partial charge in [0.2, 0.25) is 0 Å². The standard InChI is InChI=1S/C20H24N2O3S/c1-3-13-5-7-14(8-6-13)25-11-17(23)22-20-18(19(21)24)15-9-4-12(2)10-16(15)26-20/h5-8,12H,3-4,9-11H2,1-2H3,(H2,21,24)(H,22,23)/t12-/m0/s1. The van der Waals surface area contributed by atoms with Gasteiger partial charge in [-0.3, -0.25) is 9.59 Å². The maximum absolute atomic E-state index is 12.3. The van der Waals surface area contributed by atoms with Crippen molar-refractivity contribution < 1.29 is 14.3 Å². The minimum absolute atomic E-state index is 0.108. The summed E-state index contributed by atoms with van der Waals surface area (Å²) in [6, 6.07) is 7.66. The molecule has 0 unspecified atom stereocenters. The minimum Gasteiger partial charge on any atom is -0.484 e. The largest absolute Gasteiger partial charge is 0.484 e. The molecule has 1 aromatic heterocycles. The van der Waals surface area contributed by atoms with Gasteiger partial charge < -0.3 is 15.8 Å². The van der Waals surface area contributed by atoms with Crippen LogP contribution in [0.2, 0.25) is 0 Å². The quantitative estimate of drug-likeness (QED) is 0.813. The van der Waals surface area contributed by atoms with Gasteiger partial charge in [-0.15, -0.1) is 11.3 Å². The van der Waals surface area contributed by atoms with E-state index in [2.05, 4.69) is 19.2 Å². The molecule has 3 rings (SSSR count). The first kappa shape index (κ1) is 18.5. The van der Waals surface area contributed by atoms with Crippen LogP contribution in [0.25, 0.3) is 0 Å². The number of carbonyl (C=O) groups excluding carboxylic acids is 2. The second-order valence-corrected chi connectivity index (χ2v) is 7.86. The molecule has 0 radical (unpaired) electrons. The second kappa shape index (κ2) is 7.91. The van der Waals surface area contributed by atoms with Crippen molar-refractivity contribution in [3.8, 4) is 5.75 Å². The number of fused-ring (bicyclic) bond motifs is 1. The van der Waals surface area contributed by atoms with E-state index >= 15 is 0 Å². The van der Waals surface area contributed by atoms with Crippen LogP contribution in [0.4, 0.5) is 5.00 Å². The Morgan fingerprint density at radius 1 is 1.31 bits per heavy atom. The topological polar surface area (TPSA) is 81.4 Å². The molecule has 0 saturated heterocycles. The number of thiophene rings is 1. The minimum atomic E-state index is -0.483. The lowest BCUT2D eigenvalue weighted by molar-refractivity contribution is -0.118. The van der Waals surface area contributed by atoms with Gasteiger partial charge in [0.1, 0.15) is 10.8 Å². The highest BCUT2D eigenvalue weighted by molar-refractivity contribution is 7.17. The third-order valence-electron chi connectivity index (χ3n) is 4.71. The Kier molecular flexibility index (Phi) is 5.61. The highest BCUT2D eigenvalue weighted by Crippen LogP contribution is 2.39. The molecule has 1 aliphatic rings. The fourth-order valence-electron chi connectivity index (χ4n) is 3.23. The number of nitrogens with two attached hydrogens (primary N) is 1. The number of anilines is 1. The van der Waals surface area contributed by atoms with E-state index < -0.39 is 5.91 Å². The second-order valence-electron chi connectivity index (χ2n) is 6.75. The molecule has 1 aliphatic carbocycles. The van der Waals surface area contributed by atoms with Crippen LogP contribution in [-0.4, -0.2) is 18.4 Å². The summed E-state index contributed by atoms with van der Waals surface area (Å²) in [7, 11) is 0. The Morgan fingerprint density at radius 2 is 2.04 bits per heavy atom. The fraction of sp³-hybridized carbons (Fsp3) is 0.400. The molecular weight excluding hydrogens is 348 g/mol. The van der Waals surface area contributed by atoms with Crippen molar-refractivity contribution in [2.24, 2.45) is 11.7 Å². The molecule has 1 atom stereocenters. The van der Waals surface area contributed by atoms with E-state index in [-0.39, 0.29) is 12.5 Å². The van der Waals surface area contributed by atoms with Gasteiger partial charge in [-0.2, -0.15) is 0 Å². The summed E-state index contributed by atoms with van der Waals surface area (Å²) in [5.74, 6) is 0.453. The molecule has 26 heavy (non-hydrogen) atoms. The Morgan fingerprint density at radius 3 is 2.69 bits per heavy atom. The molecule has 6 heteroatoms. The summed E-state index contributed by atoms with van der Waals surface area (Å²) in [5.41, 5.74) is 8.26. The number of hydrogen-bond acceptors (Lipinski definition) is 4. The van der Waals surface area contributed by atoms with Crippen molar-refractivity contribution in [1.82, 2.24) is 0 Å². The van der Waals surface area contributed by atoms with Crippen LogP contribution in [-0.2, 0) is 24.1 Å². The van der Waals surface area contributed by atoms with E-state index in [1.54, 1.807) is 0 Å². The first-order chi connectivity index (χ1) is 12.5. The summed E-state index contributed by atoms with van der Waals surface area (Å²) >= 11 is 1.46. The Hall–Kier alpha value is -2.34. The van der Waals surface area contributed by atoms with Crippen LogP contribution >= 0.6 is 11.3 Å². The zero-order valence-corrected chi connectivity index (χ0v) is 15.9. The maximum atomic E-state index is 12.3. The molecule has 5 nitrogen and oxygen atoms in total. The average Bonchev–Trinajstić information content (AvgIpc) is 2.97. The highest BCUT2D eigenvalue weighted by atomic mass is 32.1. The average molecular weight is 372 g/mol. The van der Waals surface area contributed by atoms with E-state index in [0.29, 0.717) is 22.2 Å². The molecule has 2 amide bonds. The molecule has 3 N–H and O–H groups in total. The van der Waals surface area contributed by atoms with Gasteiger partial charge in [-0.25, -0.2) is 0 Å². The van der Waals surface area contributed by atoms with Gasteiger partial charge in [-0.1, -0.05) is 26.0 Å². The number of carbonyl (C=O) groups is 2. The lowest BCUT2D eigenvalue weighted by Crippen LogP contribution is -2.22. The number of ether oxygens (including phenoxy) is 1. The van der Waals surface area contributed by atoms with Gasteiger partial charge >= 0.3 is 0 Å². The van der Waals surface area contributed by atoms with Crippen molar-refractivity contribution in [2.45, 2.75) is 39.5 Å². The van der Waals surface area contributed by atoms with E-state index in [0.717, 1.165) is 36.1 Å². The highest BCUT2D eigenvalue weighted by Gasteiger charge is 2.27. The molecule has 0 aliphatic heterocycles. The summed E-state index contributed by atoms with van der Waals surface area (Å²) in [6.45, 7) is 4.17. The first-order valence-corrected chi connectivity index (χ1v) is 9.75. The van der Waals surface area contributed by atoms with Gasteiger partial charge in [-0.05, 0) is 54.9 Å². The number of hydrogen-bond donors (Lipinski definition) is 2. The van der Waals surface area contributed by atoms with Crippen molar-refractivity contribution in [2.75, 3.05) is 11.9 Å². The van der Waals surface area contributed by atoms with Crippen molar-refractivity contribution in [3.63, 3.8) is 0 Å². The molecular formula is C20H24N2O3S. The molecule has 1 heterocycles. The lowest BCUT2D eigenvalue weighted by Gasteiger charge is -2.18. The van der Waals surface area contributed by atoms with Crippen LogP contribution in [0.15, 0.2) is 24.3 Å². The van der Waals surface area contributed by atoms with E-state index in [1.165, 1.54) is 16.9 Å². The number of aryl methyl sites for hydroxylation is 1. The SMILES string of the molecule is CCc1ccc(OCC(=O)Nc2sc3c(c2C(N)=O)CC[C@H](C)C3)cc1. The van der Waals surface area contributed by atoms with Crippen molar-refractivity contribution in [3.05, 3.63) is 45.8 Å². The lowest BCUT2D eigenvalue weighted by atomic mass is 9.88. The van der Waals surface area contributed by atoms with Crippen molar-refractivity contribution in [1.29, 1.82) is 0 Å². The fourth-order valence-corrected chi connectivity index (χ4v) is 4.66. The molecule has 0 saturated carbocycles. The summed E-state index contributed by atoms with van der Waals surface area (Å²) in [4.78, 5) is 25.3. The third-order valence-corrected chi connectivity index (χ3v) is 5.88. The predicted octanol–water partition coefficient (Wildman–Crippen LogP) is 3.55. The maximum Gasteiger partial charge on any atom is 0.262 e. The monoisotopic (exact) mass is 372 g/mol. The number of primary amides is 1. The Balaban J connectivity index is 1.67. The predicted molar refractivity (Wildman–Crippen MR) is 104 cm³/mol. The van der Waals surface area contributed by atoms with Crippen LogP contribution in [0.3, 0.4) is 0 Å². The van der Waals surface area contributed by atoms with Gasteiger partial charge in [0.05, 0.1) is 5.56 Å². The normalized spacial score (nSPS) is 16.0. The van der Waals surface area contributed by atoms with E-state index in [9.17, 15) is 9.59 Å². The Bertz CT molecular complexity index is 811.